The molecule has 0 unspecified atom stereocenters. The van der Waals surface area contributed by atoms with Gasteiger partial charge in [0, 0.05) is 6.20 Å². The highest BCUT2D eigenvalue weighted by atomic mass is 16.4. The van der Waals surface area contributed by atoms with Crippen LogP contribution in [0.15, 0.2) is 31.1 Å². The smallest absolute Gasteiger partial charge is 0.337 e. The summed E-state index contributed by atoms with van der Waals surface area (Å²) >= 11 is 0. The van der Waals surface area contributed by atoms with Crippen LogP contribution in [-0.4, -0.2) is 30.8 Å². The third-order valence-electron chi connectivity index (χ3n) is 1.69. The molecule has 0 radical (unpaired) electrons. The van der Waals surface area contributed by atoms with E-state index in [2.05, 4.69) is 15.2 Å². The van der Waals surface area contributed by atoms with Crippen LogP contribution in [0.4, 0.5) is 0 Å². The molecule has 70 valence electrons. The molecule has 2 aromatic heterocycles. The van der Waals surface area contributed by atoms with Gasteiger partial charge in [0.15, 0.2) is 0 Å². The molecule has 6 heteroatoms. The van der Waals surface area contributed by atoms with Gasteiger partial charge in [-0.25, -0.2) is 4.79 Å². The Morgan fingerprint density at radius 3 is 2.64 bits per heavy atom. The van der Waals surface area contributed by atoms with Gasteiger partial charge in [-0.2, -0.15) is 0 Å². The van der Waals surface area contributed by atoms with Gasteiger partial charge in [-0.3, -0.25) is 9.55 Å². The van der Waals surface area contributed by atoms with Crippen molar-refractivity contribution in [1.29, 1.82) is 0 Å². The maximum absolute atomic E-state index is 10.6. The minimum absolute atomic E-state index is 0.135. The number of aromatic nitrogens is 4. The first-order chi connectivity index (χ1) is 6.77. The fourth-order valence-corrected chi connectivity index (χ4v) is 1.02. The highest BCUT2D eigenvalue weighted by Crippen LogP contribution is 2.07. The molecule has 0 aliphatic heterocycles. The highest BCUT2D eigenvalue weighted by Gasteiger charge is 2.04. The predicted octanol–water partition coefficient (Wildman–Crippen LogP) is 0.360. The predicted molar refractivity (Wildman–Crippen MR) is 46.1 cm³/mol. The molecule has 0 aliphatic rings. The number of rotatable bonds is 2. The van der Waals surface area contributed by atoms with E-state index in [0.29, 0.717) is 5.69 Å². The molecule has 0 amide bonds. The zero-order valence-electron chi connectivity index (χ0n) is 7.03. The Labute approximate surface area is 78.9 Å². The van der Waals surface area contributed by atoms with Crippen LogP contribution in [0.25, 0.3) is 5.69 Å². The third-order valence-corrected chi connectivity index (χ3v) is 1.69. The first kappa shape index (κ1) is 8.36. The molecule has 0 aliphatic carbocycles. The molecule has 2 heterocycles. The molecule has 6 nitrogen and oxygen atoms in total. The Balaban J connectivity index is 2.46. The van der Waals surface area contributed by atoms with Crippen LogP contribution in [0, 0.1) is 0 Å². The van der Waals surface area contributed by atoms with Gasteiger partial charge >= 0.3 is 5.97 Å². The van der Waals surface area contributed by atoms with Crippen molar-refractivity contribution in [3.8, 4) is 5.69 Å². The van der Waals surface area contributed by atoms with Crippen LogP contribution in [0.2, 0.25) is 0 Å². The molecule has 0 aromatic carbocycles. The summed E-state index contributed by atoms with van der Waals surface area (Å²) in [5.41, 5.74) is 0.756. The molecule has 0 fully saturated rings. The second kappa shape index (κ2) is 3.25. The lowest BCUT2D eigenvalue weighted by molar-refractivity contribution is 0.0696. The van der Waals surface area contributed by atoms with Crippen molar-refractivity contribution < 1.29 is 9.90 Å². The Morgan fingerprint density at radius 1 is 1.29 bits per heavy atom. The van der Waals surface area contributed by atoms with Gasteiger partial charge in [-0.1, -0.05) is 0 Å². The molecule has 0 atom stereocenters. The van der Waals surface area contributed by atoms with Gasteiger partial charge in [0.2, 0.25) is 0 Å². The number of nitrogens with zero attached hydrogens (tertiary/aromatic N) is 4. The molecule has 0 saturated heterocycles. The van der Waals surface area contributed by atoms with Crippen molar-refractivity contribution in [2.45, 2.75) is 0 Å². The van der Waals surface area contributed by atoms with Gasteiger partial charge in [0.1, 0.15) is 12.7 Å². The van der Waals surface area contributed by atoms with Crippen molar-refractivity contribution >= 4 is 5.97 Å². The van der Waals surface area contributed by atoms with Crippen LogP contribution in [-0.2, 0) is 0 Å². The summed E-state index contributed by atoms with van der Waals surface area (Å²) in [6, 6.07) is 1.50. The lowest BCUT2D eigenvalue weighted by Crippen LogP contribution is -2.00. The van der Waals surface area contributed by atoms with Gasteiger partial charge in [0.25, 0.3) is 0 Å². The molecule has 0 saturated carbocycles. The van der Waals surface area contributed by atoms with E-state index < -0.39 is 5.97 Å². The number of carbonyl (C=O) groups is 1. The topological polar surface area (TPSA) is 80.9 Å². The van der Waals surface area contributed by atoms with E-state index in [-0.39, 0.29) is 5.56 Å². The molecule has 2 aromatic rings. The highest BCUT2D eigenvalue weighted by molar-refractivity contribution is 5.87. The van der Waals surface area contributed by atoms with Crippen LogP contribution in [0.5, 0.6) is 0 Å². The number of hydrogen-bond acceptors (Lipinski definition) is 4. The maximum atomic E-state index is 10.6. The minimum Gasteiger partial charge on any atom is -0.478 e. The second-order valence-electron chi connectivity index (χ2n) is 2.61. The summed E-state index contributed by atoms with van der Waals surface area (Å²) < 4.78 is 1.58. The average molecular weight is 190 g/mol. The van der Waals surface area contributed by atoms with Crippen molar-refractivity contribution in [3.05, 3.63) is 36.7 Å². The molecule has 0 bridgehead atoms. The fraction of sp³-hybridized carbons (Fsp3) is 0. The van der Waals surface area contributed by atoms with E-state index in [0.717, 1.165) is 0 Å². The summed E-state index contributed by atoms with van der Waals surface area (Å²) in [5.74, 6) is -1.01. The molecule has 1 N–H and O–H groups in total. The Hall–Kier alpha value is -2.24. The number of hydrogen-bond donors (Lipinski definition) is 1. The van der Waals surface area contributed by atoms with Gasteiger partial charge < -0.3 is 5.11 Å². The normalized spacial score (nSPS) is 10.0. The number of pyridine rings is 1. The van der Waals surface area contributed by atoms with Crippen LogP contribution < -0.4 is 0 Å². The zero-order chi connectivity index (χ0) is 9.97. The molecule has 14 heavy (non-hydrogen) atoms. The summed E-state index contributed by atoms with van der Waals surface area (Å²) in [6.07, 6.45) is 5.78. The standard InChI is InChI=1S/C8H6N4O2/c13-8(14)6-1-7(3-9-2-6)12-4-10-11-5-12/h1-5H,(H,13,14). The van der Waals surface area contributed by atoms with Crippen molar-refractivity contribution in [2.24, 2.45) is 0 Å². The molecule has 0 spiro atoms. The monoisotopic (exact) mass is 190 g/mol. The van der Waals surface area contributed by atoms with Crippen molar-refractivity contribution in [2.75, 3.05) is 0 Å². The van der Waals surface area contributed by atoms with Gasteiger partial charge in [-0.15, -0.1) is 10.2 Å². The number of carboxylic acid groups (broad SMARTS) is 1. The molecular formula is C8H6N4O2. The third kappa shape index (κ3) is 1.45. The average Bonchev–Trinajstić information content (AvgIpc) is 2.71. The van der Waals surface area contributed by atoms with Gasteiger partial charge in [0.05, 0.1) is 17.4 Å². The Bertz CT molecular complexity index is 452. The lowest BCUT2D eigenvalue weighted by Gasteiger charge is -2.00. The lowest BCUT2D eigenvalue weighted by atomic mass is 10.2. The van der Waals surface area contributed by atoms with E-state index in [9.17, 15) is 4.79 Å². The van der Waals surface area contributed by atoms with Gasteiger partial charge in [-0.05, 0) is 6.07 Å². The summed E-state index contributed by atoms with van der Waals surface area (Å²) in [6.45, 7) is 0. The fourth-order valence-electron chi connectivity index (χ4n) is 1.02. The largest absolute Gasteiger partial charge is 0.478 e. The second-order valence-corrected chi connectivity index (χ2v) is 2.61. The van der Waals surface area contributed by atoms with E-state index >= 15 is 0 Å². The summed E-state index contributed by atoms with van der Waals surface area (Å²) in [5, 5.41) is 15.9. The van der Waals surface area contributed by atoms with E-state index in [1.807, 2.05) is 0 Å². The van der Waals surface area contributed by atoms with E-state index in [4.69, 9.17) is 5.11 Å². The Morgan fingerprint density at radius 2 is 2.00 bits per heavy atom. The summed E-state index contributed by atoms with van der Waals surface area (Å²) in [7, 11) is 0. The summed E-state index contributed by atoms with van der Waals surface area (Å²) in [4.78, 5) is 14.4. The van der Waals surface area contributed by atoms with Crippen molar-refractivity contribution in [1.82, 2.24) is 19.7 Å². The first-order valence-electron chi connectivity index (χ1n) is 3.81. The Kier molecular flexibility index (Phi) is 1.94. The number of aromatic carboxylic acids is 1. The van der Waals surface area contributed by atoms with Crippen molar-refractivity contribution in [3.63, 3.8) is 0 Å². The maximum Gasteiger partial charge on any atom is 0.337 e. The first-order valence-corrected chi connectivity index (χ1v) is 3.81. The SMILES string of the molecule is O=C(O)c1cncc(-n2cnnc2)c1. The van der Waals surface area contributed by atoms with Crippen LogP contribution in [0.1, 0.15) is 10.4 Å². The number of carboxylic acids is 1. The zero-order valence-corrected chi connectivity index (χ0v) is 7.03. The minimum atomic E-state index is -1.01. The van der Waals surface area contributed by atoms with E-state index in [1.165, 1.54) is 31.1 Å². The van der Waals surface area contributed by atoms with E-state index in [1.54, 1.807) is 4.57 Å². The van der Waals surface area contributed by atoms with Crippen LogP contribution >= 0.6 is 0 Å². The quantitative estimate of drug-likeness (QED) is 0.739. The molecular weight excluding hydrogens is 184 g/mol. The van der Waals surface area contributed by atoms with Crippen LogP contribution in [0.3, 0.4) is 0 Å². The molecule has 2 rings (SSSR count).